The third kappa shape index (κ3) is 5.69. The van der Waals surface area contributed by atoms with Crippen LogP contribution in [0.15, 0.2) is 42.5 Å². The van der Waals surface area contributed by atoms with Crippen molar-refractivity contribution >= 4 is 23.2 Å². The third-order valence-corrected chi connectivity index (χ3v) is 3.49. The Labute approximate surface area is 146 Å². The van der Waals surface area contributed by atoms with Gasteiger partial charge in [-0.3, -0.25) is 9.59 Å². The maximum atomic E-state index is 13.7. The predicted molar refractivity (Wildman–Crippen MR) is 97.1 cm³/mol. The quantitative estimate of drug-likeness (QED) is 0.848. The van der Waals surface area contributed by atoms with Crippen LogP contribution in [-0.4, -0.2) is 37.4 Å². The first-order valence-corrected chi connectivity index (χ1v) is 7.93. The van der Waals surface area contributed by atoms with Gasteiger partial charge in [-0.15, -0.1) is 0 Å². The van der Waals surface area contributed by atoms with E-state index in [2.05, 4.69) is 10.6 Å². The first-order valence-electron chi connectivity index (χ1n) is 7.93. The molecule has 0 fully saturated rings. The number of rotatable bonds is 6. The summed E-state index contributed by atoms with van der Waals surface area (Å²) in [5, 5.41) is 5.53. The molecule has 0 aliphatic rings. The molecule has 0 atom stereocenters. The molecule has 0 aliphatic heterocycles. The number of anilines is 2. The molecular formula is C19H22FN3O2. The van der Waals surface area contributed by atoms with Gasteiger partial charge in [0.2, 0.25) is 11.8 Å². The van der Waals surface area contributed by atoms with Crippen LogP contribution in [0.5, 0.6) is 0 Å². The second-order valence-corrected chi connectivity index (χ2v) is 6.15. The van der Waals surface area contributed by atoms with Gasteiger partial charge < -0.3 is 15.5 Å². The van der Waals surface area contributed by atoms with Crippen LogP contribution >= 0.6 is 0 Å². The molecule has 2 N–H and O–H groups in total. The summed E-state index contributed by atoms with van der Waals surface area (Å²) in [7, 11) is 3.59. The average molecular weight is 343 g/mol. The van der Waals surface area contributed by atoms with Crippen LogP contribution in [0.1, 0.15) is 11.1 Å². The number of amides is 2. The molecule has 0 aliphatic carbocycles. The Bertz CT molecular complexity index is 775. The largest absolute Gasteiger partial charge is 0.324 e. The van der Waals surface area contributed by atoms with Crippen LogP contribution in [0, 0.1) is 12.7 Å². The van der Waals surface area contributed by atoms with E-state index in [0.717, 1.165) is 5.56 Å². The zero-order chi connectivity index (χ0) is 18.4. The molecule has 132 valence electrons. The number of nitrogens with one attached hydrogen (secondary N) is 2. The second-order valence-electron chi connectivity index (χ2n) is 6.15. The number of benzene rings is 2. The first kappa shape index (κ1) is 18.6. The molecule has 25 heavy (non-hydrogen) atoms. The van der Waals surface area contributed by atoms with Gasteiger partial charge in [-0.2, -0.15) is 0 Å². The summed E-state index contributed by atoms with van der Waals surface area (Å²) >= 11 is 0. The lowest BCUT2D eigenvalue weighted by Gasteiger charge is -2.15. The highest BCUT2D eigenvalue weighted by molar-refractivity contribution is 6.00. The molecule has 6 heteroatoms. The maximum absolute atomic E-state index is 13.7. The third-order valence-electron chi connectivity index (χ3n) is 3.49. The van der Waals surface area contributed by atoms with Crippen LogP contribution in [0.4, 0.5) is 15.8 Å². The molecule has 2 rings (SSSR count). The minimum Gasteiger partial charge on any atom is -0.324 e. The molecule has 2 aromatic carbocycles. The number of carbonyl (C=O) groups is 2. The van der Waals surface area contributed by atoms with Gasteiger partial charge in [0.05, 0.1) is 24.3 Å². The molecule has 0 bridgehead atoms. The zero-order valence-electron chi connectivity index (χ0n) is 14.6. The summed E-state index contributed by atoms with van der Waals surface area (Å²) in [5.41, 5.74) is 2.27. The molecule has 0 aromatic heterocycles. The van der Waals surface area contributed by atoms with Crippen molar-refractivity contribution in [3.8, 4) is 0 Å². The number of carbonyl (C=O) groups excluding carboxylic acids is 2. The van der Waals surface area contributed by atoms with Gasteiger partial charge in [0.15, 0.2) is 0 Å². The fraction of sp³-hybridized carbons (Fsp3) is 0.263. The lowest BCUT2D eigenvalue weighted by atomic mass is 10.1. The van der Waals surface area contributed by atoms with Crippen LogP contribution in [0.2, 0.25) is 0 Å². The highest BCUT2D eigenvalue weighted by atomic mass is 19.1. The number of aryl methyl sites for hydroxylation is 1. The van der Waals surface area contributed by atoms with E-state index in [4.69, 9.17) is 0 Å². The van der Waals surface area contributed by atoms with Gasteiger partial charge in [0.25, 0.3) is 0 Å². The first-order chi connectivity index (χ1) is 11.8. The van der Waals surface area contributed by atoms with Crippen molar-refractivity contribution in [1.29, 1.82) is 0 Å². The Hall–Kier alpha value is -2.73. The van der Waals surface area contributed by atoms with Gasteiger partial charge in [-0.1, -0.05) is 24.3 Å². The predicted octanol–water partition coefficient (Wildman–Crippen LogP) is 2.82. The topological polar surface area (TPSA) is 61.4 Å². The van der Waals surface area contributed by atoms with E-state index in [-0.39, 0.29) is 24.8 Å². The standard InChI is InChI=1S/C19H22FN3O2/c1-13-8-9-16(21-19(25)12-23(2)3)17(10-13)22-18(24)11-14-6-4-5-7-15(14)20/h4-10H,11-12H2,1-3H3,(H,21,25)(H,22,24). The number of hydrogen-bond donors (Lipinski definition) is 2. The van der Waals surface area contributed by atoms with E-state index in [1.165, 1.54) is 6.07 Å². The lowest BCUT2D eigenvalue weighted by molar-refractivity contribution is -0.117. The number of nitrogens with zero attached hydrogens (tertiary/aromatic N) is 1. The SMILES string of the molecule is Cc1ccc(NC(=O)CN(C)C)c(NC(=O)Cc2ccccc2F)c1. The van der Waals surface area contributed by atoms with E-state index in [1.54, 1.807) is 49.3 Å². The number of hydrogen-bond acceptors (Lipinski definition) is 3. The molecule has 0 saturated carbocycles. The van der Waals surface area contributed by atoms with Crippen molar-refractivity contribution in [2.75, 3.05) is 31.3 Å². The average Bonchev–Trinajstić information content (AvgIpc) is 2.51. The molecule has 2 aromatic rings. The van der Waals surface area contributed by atoms with Crippen LogP contribution in [0.25, 0.3) is 0 Å². The molecule has 0 saturated heterocycles. The smallest absolute Gasteiger partial charge is 0.238 e. The molecule has 0 spiro atoms. The highest BCUT2D eigenvalue weighted by Gasteiger charge is 2.12. The maximum Gasteiger partial charge on any atom is 0.238 e. The van der Waals surface area contributed by atoms with Crippen molar-refractivity contribution in [2.45, 2.75) is 13.3 Å². The van der Waals surface area contributed by atoms with E-state index in [9.17, 15) is 14.0 Å². The molecule has 0 unspecified atom stereocenters. The van der Waals surface area contributed by atoms with Crippen molar-refractivity contribution < 1.29 is 14.0 Å². The minimum atomic E-state index is -0.415. The zero-order valence-corrected chi connectivity index (χ0v) is 14.6. The Morgan fingerprint density at radius 3 is 2.36 bits per heavy atom. The van der Waals surface area contributed by atoms with Crippen molar-refractivity contribution in [3.05, 3.63) is 59.4 Å². The Kier molecular flexibility index (Phi) is 6.25. The summed E-state index contributed by atoms with van der Waals surface area (Å²) in [5.74, 6) is -0.946. The Morgan fingerprint density at radius 2 is 1.68 bits per heavy atom. The van der Waals surface area contributed by atoms with E-state index in [1.807, 2.05) is 13.0 Å². The fourth-order valence-corrected chi connectivity index (χ4v) is 2.36. The van der Waals surface area contributed by atoms with E-state index >= 15 is 0 Å². The van der Waals surface area contributed by atoms with E-state index in [0.29, 0.717) is 16.9 Å². The molecule has 0 heterocycles. The van der Waals surface area contributed by atoms with Gasteiger partial charge in [0.1, 0.15) is 5.82 Å². The molecule has 0 radical (unpaired) electrons. The molecule has 5 nitrogen and oxygen atoms in total. The van der Waals surface area contributed by atoms with Crippen LogP contribution in [-0.2, 0) is 16.0 Å². The van der Waals surface area contributed by atoms with Gasteiger partial charge in [-0.05, 0) is 50.3 Å². The molecule has 2 amide bonds. The Morgan fingerprint density at radius 1 is 1.00 bits per heavy atom. The van der Waals surface area contributed by atoms with E-state index < -0.39 is 5.82 Å². The van der Waals surface area contributed by atoms with Crippen LogP contribution < -0.4 is 10.6 Å². The number of likely N-dealkylation sites (N-methyl/N-ethyl adjacent to an activating group) is 1. The normalized spacial score (nSPS) is 10.6. The van der Waals surface area contributed by atoms with Gasteiger partial charge in [-0.25, -0.2) is 4.39 Å². The Balaban J connectivity index is 2.12. The van der Waals surface area contributed by atoms with Crippen molar-refractivity contribution in [2.24, 2.45) is 0 Å². The minimum absolute atomic E-state index is 0.0777. The molecular weight excluding hydrogens is 321 g/mol. The summed E-state index contributed by atoms with van der Waals surface area (Å²) in [6.07, 6.45) is -0.0777. The summed E-state index contributed by atoms with van der Waals surface area (Å²) < 4.78 is 13.7. The monoisotopic (exact) mass is 343 g/mol. The van der Waals surface area contributed by atoms with Gasteiger partial charge in [0, 0.05) is 0 Å². The van der Waals surface area contributed by atoms with Crippen LogP contribution in [0.3, 0.4) is 0 Å². The fourth-order valence-electron chi connectivity index (χ4n) is 2.36. The van der Waals surface area contributed by atoms with Crippen molar-refractivity contribution in [3.63, 3.8) is 0 Å². The second kappa shape index (κ2) is 8.39. The van der Waals surface area contributed by atoms with Crippen molar-refractivity contribution in [1.82, 2.24) is 4.90 Å². The van der Waals surface area contributed by atoms with Gasteiger partial charge >= 0.3 is 0 Å². The summed E-state index contributed by atoms with van der Waals surface area (Å²) in [4.78, 5) is 26.0. The number of halogens is 1. The summed E-state index contributed by atoms with van der Waals surface area (Å²) in [6, 6.07) is 11.5. The lowest BCUT2D eigenvalue weighted by Crippen LogP contribution is -2.27. The highest BCUT2D eigenvalue weighted by Crippen LogP contribution is 2.23. The summed E-state index contributed by atoms with van der Waals surface area (Å²) in [6.45, 7) is 2.12.